The van der Waals surface area contributed by atoms with Crippen LogP contribution in [0.15, 0.2) is 48.5 Å². The van der Waals surface area contributed by atoms with E-state index >= 15 is 0 Å². The summed E-state index contributed by atoms with van der Waals surface area (Å²) in [4.78, 5) is 38.5. The number of nitrogens with one attached hydrogen (secondary N) is 2. The van der Waals surface area contributed by atoms with Crippen LogP contribution >= 0.6 is 11.6 Å². The van der Waals surface area contributed by atoms with Gasteiger partial charge in [0.1, 0.15) is 0 Å². The summed E-state index contributed by atoms with van der Waals surface area (Å²) >= 11 is 6.39. The molecule has 0 radical (unpaired) electrons. The third-order valence-corrected chi connectivity index (χ3v) is 5.29. The second-order valence-corrected chi connectivity index (χ2v) is 8.70. The van der Waals surface area contributed by atoms with E-state index in [9.17, 15) is 14.4 Å². The van der Waals surface area contributed by atoms with Crippen LogP contribution in [0.1, 0.15) is 37.0 Å². The number of ketones is 1. The number of Topliss-reactive ketones (excluding diaryl/α,β-unsaturated/α-hetero) is 1. The number of nitrogens with zero attached hydrogens (tertiary/aromatic N) is 1. The van der Waals surface area contributed by atoms with Gasteiger partial charge in [0.25, 0.3) is 0 Å². The van der Waals surface area contributed by atoms with E-state index in [1.54, 1.807) is 30.3 Å². The summed E-state index contributed by atoms with van der Waals surface area (Å²) in [6.07, 6.45) is 0.485. The van der Waals surface area contributed by atoms with Crippen LogP contribution in [0.4, 0.5) is 11.4 Å². The maximum atomic E-state index is 12.6. The Morgan fingerprint density at radius 3 is 2.53 bits per heavy atom. The molecule has 2 amide bonds. The van der Waals surface area contributed by atoms with Crippen molar-refractivity contribution in [2.75, 3.05) is 29.9 Å². The zero-order valence-electron chi connectivity index (χ0n) is 17.2. The van der Waals surface area contributed by atoms with Gasteiger partial charge in [-0.05, 0) is 23.6 Å². The first-order chi connectivity index (χ1) is 14.2. The molecule has 0 saturated carbocycles. The number of hydrogen-bond acceptors (Lipinski definition) is 4. The van der Waals surface area contributed by atoms with Gasteiger partial charge in [-0.3, -0.25) is 14.4 Å². The van der Waals surface area contributed by atoms with Crippen LogP contribution in [0.3, 0.4) is 0 Å². The van der Waals surface area contributed by atoms with Gasteiger partial charge in [0.05, 0.1) is 17.3 Å². The van der Waals surface area contributed by atoms with Gasteiger partial charge in [-0.15, -0.1) is 0 Å². The van der Waals surface area contributed by atoms with Crippen molar-refractivity contribution in [1.82, 2.24) is 5.32 Å². The summed E-state index contributed by atoms with van der Waals surface area (Å²) in [7, 11) is 0. The quantitative estimate of drug-likeness (QED) is 0.657. The molecule has 2 aromatic carbocycles. The molecule has 0 atom stereocenters. The van der Waals surface area contributed by atoms with Crippen molar-refractivity contribution in [3.63, 3.8) is 0 Å². The molecule has 0 aliphatic carbocycles. The fraction of sp³-hybridized carbons (Fsp3) is 0.348. The average molecular weight is 428 g/mol. The predicted molar refractivity (Wildman–Crippen MR) is 119 cm³/mol. The standard InChI is InChI=1S/C23H26ClN3O3/c1-23(2,13-20(28)16-6-4-3-5-7-16)14-21(29)26-17-8-9-19(18(24)12-17)27-11-10-25-22(30)15-27/h3-9,12H,10-11,13-15H2,1-2H3,(H,25,30)(H,26,29). The number of hydrogen-bond donors (Lipinski definition) is 2. The van der Waals surface area contributed by atoms with Crippen molar-refractivity contribution >= 4 is 40.6 Å². The smallest absolute Gasteiger partial charge is 0.239 e. The van der Waals surface area contributed by atoms with Crippen LogP contribution in [0, 0.1) is 5.41 Å². The maximum Gasteiger partial charge on any atom is 0.239 e. The molecule has 2 N–H and O–H groups in total. The van der Waals surface area contributed by atoms with Gasteiger partial charge in [0.2, 0.25) is 11.8 Å². The Morgan fingerprint density at radius 1 is 1.13 bits per heavy atom. The lowest BCUT2D eigenvalue weighted by atomic mass is 9.82. The first kappa shape index (κ1) is 21.8. The Labute approximate surface area is 181 Å². The van der Waals surface area contributed by atoms with E-state index in [0.717, 1.165) is 5.69 Å². The second kappa shape index (κ2) is 9.30. The lowest BCUT2D eigenvalue weighted by Gasteiger charge is -2.29. The Morgan fingerprint density at radius 2 is 1.87 bits per heavy atom. The van der Waals surface area contributed by atoms with Crippen LogP contribution in [0.2, 0.25) is 5.02 Å². The molecule has 0 aromatic heterocycles. The summed E-state index contributed by atoms with van der Waals surface area (Å²) in [5, 5.41) is 6.11. The van der Waals surface area contributed by atoms with E-state index in [-0.39, 0.29) is 37.0 Å². The molecule has 1 aliphatic rings. The number of halogens is 1. The van der Waals surface area contributed by atoms with Crippen LogP contribution in [-0.2, 0) is 9.59 Å². The summed E-state index contributed by atoms with van der Waals surface area (Å²) in [6.45, 7) is 5.33. The van der Waals surface area contributed by atoms with Crippen molar-refractivity contribution in [3.05, 3.63) is 59.1 Å². The Hall–Kier alpha value is -2.86. The number of rotatable bonds is 7. The van der Waals surface area contributed by atoms with Crippen molar-refractivity contribution in [2.24, 2.45) is 5.41 Å². The van der Waals surface area contributed by atoms with Gasteiger partial charge in [-0.1, -0.05) is 55.8 Å². The van der Waals surface area contributed by atoms with Crippen molar-refractivity contribution in [2.45, 2.75) is 26.7 Å². The molecule has 30 heavy (non-hydrogen) atoms. The molecular formula is C23H26ClN3O3. The average Bonchev–Trinajstić information content (AvgIpc) is 2.67. The maximum absolute atomic E-state index is 12.6. The molecule has 1 aliphatic heterocycles. The van der Waals surface area contributed by atoms with Gasteiger partial charge in [0, 0.05) is 37.2 Å². The molecule has 6 nitrogen and oxygen atoms in total. The first-order valence-electron chi connectivity index (χ1n) is 9.93. The van der Waals surface area contributed by atoms with Gasteiger partial charge < -0.3 is 15.5 Å². The zero-order valence-corrected chi connectivity index (χ0v) is 18.0. The third kappa shape index (κ3) is 5.83. The van der Waals surface area contributed by atoms with E-state index in [1.165, 1.54) is 0 Å². The van der Waals surface area contributed by atoms with Crippen LogP contribution in [-0.4, -0.2) is 37.2 Å². The summed E-state index contributed by atoms with van der Waals surface area (Å²) in [5.74, 6) is -0.199. The normalized spacial score (nSPS) is 14.2. The molecule has 1 heterocycles. The highest BCUT2D eigenvalue weighted by molar-refractivity contribution is 6.33. The van der Waals surface area contributed by atoms with E-state index in [1.807, 2.05) is 36.9 Å². The minimum Gasteiger partial charge on any atom is -0.359 e. The monoisotopic (exact) mass is 427 g/mol. The minimum absolute atomic E-state index is 0.0198. The number of amides is 2. The molecular weight excluding hydrogens is 402 g/mol. The molecule has 0 unspecified atom stereocenters. The molecule has 1 saturated heterocycles. The summed E-state index contributed by atoms with van der Waals surface area (Å²) in [5.41, 5.74) is 1.51. The van der Waals surface area contributed by atoms with E-state index in [0.29, 0.717) is 29.4 Å². The number of benzene rings is 2. The minimum atomic E-state index is -0.484. The number of anilines is 2. The van der Waals surface area contributed by atoms with Crippen LogP contribution in [0.5, 0.6) is 0 Å². The lowest BCUT2D eigenvalue weighted by molar-refractivity contribution is -0.120. The molecule has 7 heteroatoms. The molecule has 0 spiro atoms. The molecule has 3 rings (SSSR count). The Kier molecular flexibility index (Phi) is 6.77. The van der Waals surface area contributed by atoms with E-state index < -0.39 is 5.41 Å². The lowest BCUT2D eigenvalue weighted by Crippen LogP contribution is -2.47. The second-order valence-electron chi connectivity index (χ2n) is 8.29. The SMILES string of the molecule is CC(C)(CC(=O)Nc1ccc(N2CCNC(=O)C2)c(Cl)c1)CC(=O)c1ccccc1. The third-order valence-electron chi connectivity index (χ3n) is 4.98. The zero-order chi connectivity index (χ0) is 21.7. The van der Waals surface area contributed by atoms with Gasteiger partial charge in [0.15, 0.2) is 5.78 Å². The largest absolute Gasteiger partial charge is 0.359 e. The van der Waals surface area contributed by atoms with Gasteiger partial charge in [-0.25, -0.2) is 0 Å². The number of piperazine rings is 1. The number of carbonyl (C=O) groups is 3. The fourth-order valence-corrected chi connectivity index (χ4v) is 3.85. The first-order valence-corrected chi connectivity index (χ1v) is 10.3. The van der Waals surface area contributed by atoms with Crippen molar-refractivity contribution in [1.29, 1.82) is 0 Å². The Bertz CT molecular complexity index is 944. The molecule has 158 valence electrons. The van der Waals surface area contributed by atoms with E-state index in [4.69, 9.17) is 11.6 Å². The van der Waals surface area contributed by atoms with E-state index in [2.05, 4.69) is 10.6 Å². The van der Waals surface area contributed by atoms with Crippen molar-refractivity contribution in [3.8, 4) is 0 Å². The predicted octanol–water partition coefficient (Wildman–Crippen LogP) is 3.90. The highest BCUT2D eigenvalue weighted by atomic mass is 35.5. The molecule has 1 fully saturated rings. The molecule has 0 bridgehead atoms. The highest BCUT2D eigenvalue weighted by Gasteiger charge is 2.26. The van der Waals surface area contributed by atoms with Crippen LogP contribution in [0.25, 0.3) is 0 Å². The topological polar surface area (TPSA) is 78.5 Å². The highest BCUT2D eigenvalue weighted by Crippen LogP contribution is 2.31. The Balaban J connectivity index is 1.59. The summed E-state index contributed by atoms with van der Waals surface area (Å²) in [6, 6.07) is 14.4. The fourth-order valence-electron chi connectivity index (χ4n) is 3.55. The molecule has 2 aromatic rings. The summed E-state index contributed by atoms with van der Waals surface area (Å²) < 4.78 is 0. The number of carbonyl (C=O) groups excluding carboxylic acids is 3. The van der Waals surface area contributed by atoms with Gasteiger partial charge >= 0.3 is 0 Å². The van der Waals surface area contributed by atoms with Gasteiger partial charge in [-0.2, -0.15) is 0 Å². The van der Waals surface area contributed by atoms with Crippen LogP contribution < -0.4 is 15.5 Å². The van der Waals surface area contributed by atoms with Crippen molar-refractivity contribution < 1.29 is 14.4 Å².